The minimum absolute atomic E-state index is 0.0400. The number of carbonyl (C=O) groups is 1. The van der Waals surface area contributed by atoms with E-state index in [-0.39, 0.29) is 12.5 Å². The highest BCUT2D eigenvalue weighted by atomic mass is 16.5. The van der Waals surface area contributed by atoms with E-state index in [1.54, 1.807) is 7.11 Å². The number of amides is 1. The maximum absolute atomic E-state index is 12.8. The highest BCUT2D eigenvalue weighted by Gasteiger charge is 2.43. The summed E-state index contributed by atoms with van der Waals surface area (Å²) in [5.74, 6) is 0.542. The molecule has 1 spiro atoms. The Hall–Kier alpha value is -1.63. The van der Waals surface area contributed by atoms with E-state index >= 15 is 0 Å². The zero-order valence-corrected chi connectivity index (χ0v) is 14.2. The standard InChI is InChI=1S/C18H25NO5/c1-12-3-4-16(23-2)13(9-12)17(22)19-7-5-18(6-8-19)10-14(20)15(21)11-24-18/h3-4,9,14-15,20-21H,5-8,10-11H2,1-2H3/t14-,15+/m1/s1. The number of methoxy groups -OCH3 is 1. The molecule has 3 rings (SSSR count). The Morgan fingerprint density at radius 2 is 2.00 bits per heavy atom. The van der Waals surface area contributed by atoms with Gasteiger partial charge in [0.25, 0.3) is 5.91 Å². The van der Waals surface area contributed by atoms with Crippen molar-refractivity contribution in [1.29, 1.82) is 0 Å². The van der Waals surface area contributed by atoms with Gasteiger partial charge >= 0.3 is 0 Å². The number of piperidine rings is 1. The molecule has 2 aliphatic rings. The Labute approximate surface area is 142 Å². The van der Waals surface area contributed by atoms with Crippen molar-refractivity contribution in [1.82, 2.24) is 4.90 Å². The van der Waals surface area contributed by atoms with Gasteiger partial charge in [-0.3, -0.25) is 4.79 Å². The molecule has 1 aromatic rings. The van der Waals surface area contributed by atoms with Crippen LogP contribution in [-0.4, -0.2) is 65.6 Å². The first-order chi connectivity index (χ1) is 11.4. The van der Waals surface area contributed by atoms with E-state index in [0.717, 1.165) is 5.56 Å². The van der Waals surface area contributed by atoms with Gasteiger partial charge in [0.2, 0.25) is 0 Å². The van der Waals surface area contributed by atoms with Gasteiger partial charge < -0.3 is 24.6 Å². The van der Waals surface area contributed by atoms with Crippen molar-refractivity contribution >= 4 is 5.91 Å². The number of aryl methyl sites for hydroxylation is 1. The number of aliphatic hydroxyl groups is 2. The first-order valence-corrected chi connectivity index (χ1v) is 8.38. The first kappa shape index (κ1) is 17.2. The molecule has 6 heteroatoms. The molecule has 6 nitrogen and oxygen atoms in total. The molecule has 2 fully saturated rings. The molecular formula is C18H25NO5. The summed E-state index contributed by atoms with van der Waals surface area (Å²) < 4.78 is 11.1. The van der Waals surface area contributed by atoms with E-state index in [1.165, 1.54) is 0 Å². The number of carbonyl (C=O) groups excluding carboxylic acids is 1. The van der Waals surface area contributed by atoms with Crippen LogP contribution in [0, 0.1) is 6.92 Å². The number of rotatable bonds is 2. The molecule has 2 saturated heterocycles. The number of ether oxygens (including phenoxy) is 2. The largest absolute Gasteiger partial charge is 0.496 e. The molecule has 2 N–H and O–H groups in total. The molecule has 0 unspecified atom stereocenters. The molecule has 2 atom stereocenters. The minimum atomic E-state index is -0.813. The van der Waals surface area contributed by atoms with Crippen molar-refractivity contribution < 1.29 is 24.5 Å². The number of aliphatic hydroxyl groups excluding tert-OH is 2. The van der Waals surface area contributed by atoms with Crippen molar-refractivity contribution in [2.75, 3.05) is 26.8 Å². The molecule has 0 bridgehead atoms. The van der Waals surface area contributed by atoms with Crippen molar-refractivity contribution in [2.24, 2.45) is 0 Å². The van der Waals surface area contributed by atoms with E-state index in [0.29, 0.717) is 43.7 Å². The molecule has 2 heterocycles. The van der Waals surface area contributed by atoms with Gasteiger partial charge in [-0.05, 0) is 31.9 Å². The maximum atomic E-state index is 12.8. The highest BCUT2D eigenvalue weighted by molar-refractivity contribution is 5.97. The lowest BCUT2D eigenvalue weighted by Crippen LogP contribution is -2.55. The van der Waals surface area contributed by atoms with E-state index in [1.807, 2.05) is 30.0 Å². The fourth-order valence-corrected chi connectivity index (χ4v) is 3.57. The van der Waals surface area contributed by atoms with Gasteiger partial charge in [0.05, 0.1) is 31.0 Å². The summed E-state index contributed by atoms with van der Waals surface area (Å²) in [5.41, 5.74) is 1.17. The second-order valence-corrected chi connectivity index (χ2v) is 6.83. The zero-order chi connectivity index (χ0) is 17.3. The van der Waals surface area contributed by atoms with Crippen LogP contribution >= 0.6 is 0 Å². The summed E-state index contributed by atoms with van der Waals surface area (Å²) in [6, 6.07) is 5.59. The number of hydrogen-bond donors (Lipinski definition) is 2. The summed E-state index contributed by atoms with van der Waals surface area (Å²) >= 11 is 0. The number of nitrogens with zero attached hydrogens (tertiary/aromatic N) is 1. The van der Waals surface area contributed by atoms with Gasteiger partial charge in [0, 0.05) is 19.5 Å². The lowest BCUT2D eigenvalue weighted by atomic mass is 9.82. The van der Waals surface area contributed by atoms with Gasteiger partial charge in [-0.25, -0.2) is 0 Å². The lowest BCUT2D eigenvalue weighted by Gasteiger charge is -2.46. The van der Waals surface area contributed by atoms with E-state index in [2.05, 4.69) is 0 Å². The second kappa shape index (κ2) is 6.70. The van der Waals surface area contributed by atoms with Crippen LogP contribution in [-0.2, 0) is 4.74 Å². The monoisotopic (exact) mass is 335 g/mol. The first-order valence-electron chi connectivity index (χ1n) is 8.38. The Morgan fingerprint density at radius 3 is 2.62 bits per heavy atom. The molecule has 2 aliphatic heterocycles. The fraction of sp³-hybridized carbons (Fsp3) is 0.611. The topological polar surface area (TPSA) is 79.2 Å². The minimum Gasteiger partial charge on any atom is -0.496 e. The van der Waals surface area contributed by atoms with Crippen LogP contribution in [0.3, 0.4) is 0 Å². The molecule has 24 heavy (non-hydrogen) atoms. The normalized spacial score (nSPS) is 26.4. The van der Waals surface area contributed by atoms with Gasteiger partial charge in [-0.15, -0.1) is 0 Å². The highest BCUT2D eigenvalue weighted by Crippen LogP contribution is 2.36. The van der Waals surface area contributed by atoms with Gasteiger partial charge in [-0.1, -0.05) is 11.6 Å². The SMILES string of the molecule is COc1ccc(C)cc1C(=O)N1CCC2(CC1)C[C@@H](O)[C@@H](O)CO2. The van der Waals surface area contributed by atoms with Crippen molar-refractivity contribution in [2.45, 2.75) is 44.0 Å². The van der Waals surface area contributed by atoms with E-state index in [9.17, 15) is 15.0 Å². The maximum Gasteiger partial charge on any atom is 0.257 e. The van der Waals surface area contributed by atoms with Crippen LogP contribution in [0.4, 0.5) is 0 Å². The fourth-order valence-electron chi connectivity index (χ4n) is 3.57. The third kappa shape index (κ3) is 3.27. The van der Waals surface area contributed by atoms with Crippen molar-refractivity contribution in [3.8, 4) is 5.75 Å². The van der Waals surface area contributed by atoms with Crippen LogP contribution in [0.25, 0.3) is 0 Å². The van der Waals surface area contributed by atoms with Gasteiger partial charge in [0.1, 0.15) is 11.9 Å². The average Bonchev–Trinajstić information content (AvgIpc) is 2.59. The molecule has 0 aromatic heterocycles. The predicted molar refractivity (Wildman–Crippen MR) is 88.2 cm³/mol. The number of benzene rings is 1. The molecule has 1 aromatic carbocycles. The van der Waals surface area contributed by atoms with E-state index < -0.39 is 17.8 Å². The predicted octanol–water partition coefficient (Wildman–Crippen LogP) is 1.12. The van der Waals surface area contributed by atoms with Crippen LogP contribution in [0.1, 0.15) is 35.2 Å². The Balaban J connectivity index is 1.69. The quantitative estimate of drug-likeness (QED) is 0.847. The average molecular weight is 335 g/mol. The van der Waals surface area contributed by atoms with Crippen LogP contribution < -0.4 is 4.74 Å². The molecule has 132 valence electrons. The zero-order valence-electron chi connectivity index (χ0n) is 14.2. The smallest absolute Gasteiger partial charge is 0.257 e. The molecule has 0 radical (unpaired) electrons. The summed E-state index contributed by atoms with van der Waals surface area (Å²) in [6.07, 6.45) is 0.182. The summed E-state index contributed by atoms with van der Waals surface area (Å²) in [6.45, 7) is 3.24. The van der Waals surface area contributed by atoms with Gasteiger partial charge in [0.15, 0.2) is 0 Å². The number of likely N-dealkylation sites (tertiary alicyclic amines) is 1. The van der Waals surface area contributed by atoms with E-state index in [4.69, 9.17) is 9.47 Å². The van der Waals surface area contributed by atoms with Crippen LogP contribution in [0.15, 0.2) is 18.2 Å². The van der Waals surface area contributed by atoms with Crippen molar-refractivity contribution in [3.63, 3.8) is 0 Å². The molecular weight excluding hydrogens is 310 g/mol. The Kier molecular flexibility index (Phi) is 4.80. The third-order valence-corrected chi connectivity index (χ3v) is 5.13. The number of hydrogen-bond acceptors (Lipinski definition) is 5. The molecule has 0 aliphatic carbocycles. The van der Waals surface area contributed by atoms with Gasteiger partial charge in [-0.2, -0.15) is 0 Å². The Bertz CT molecular complexity index is 609. The second-order valence-electron chi connectivity index (χ2n) is 6.83. The van der Waals surface area contributed by atoms with Crippen LogP contribution in [0.5, 0.6) is 5.75 Å². The van der Waals surface area contributed by atoms with Crippen molar-refractivity contribution in [3.05, 3.63) is 29.3 Å². The third-order valence-electron chi connectivity index (χ3n) is 5.13. The summed E-state index contributed by atoms with van der Waals surface area (Å²) in [7, 11) is 1.56. The Morgan fingerprint density at radius 1 is 1.29 bits per heavy atom. The lowest BCUT2D eigenvalue weighted by molar-refractivity contribution is -0.185. The van der Waals surface area contributed by atoms with Crippen LogP contribution in [0.2, 0.25) is 0 Å². The molecule has 0 saturated carbocycles. The molecule has 1 amide bonds. The summed E-state index contributed by atoms with van der Waals surface area (Å²) in [4.78, 5) is 14.6. The summed E-state index contributed by atoms with van der Waals surface area (Å²) in [5, 5.41) is 19.5.